The zero-order valence-corrected chi connectivity index (χ0v) is 11.2. The molecule has 0 aliphatic carbocycles. The molecule has 0 radical (unpaired) electrons. The van der Waals surface area contributed by atoms with Gasteiger partial charge in [-0.15, -0.1) is 0 Å². The lowest BCUT2D eigenvalue weighted by molar-refractivity contribution is -0.139. The maximum atomic E-state index is 10.3. The number of carboxylic acids is 1. The van der Waals surface area contributed by atoms with Gasteiger partial charge in [-0.3, -0.25) is 4.79 Å². The quantitative estimate of drug-likeness (QED) is 0.672. The Bertz CT molecular complexity index is 412. The van der Waals surface area contributed by atoms with E-state index in [1.807, 2.05) is 6.07 Å². The average molecular weight is 292 g/mol. The molecule has 0 aliphatic heterocycles. The summed E-state index contributed by atoms with van der Waals surface area (Å²) < 4.78 is 0. The highest BCUT2D eigenvalue weighted by Crippen LogP contribution is 2.20. The first-order valence-corrected chi connectivity index (χ1v) is 6.29. The van der Waals surface area contributed by atoms with Gasteiger partial charge < -0.3 is 15.5 Å². The van der Waals surface area contributed by atoms with E-state index in [4.69, 9.17) is 28.3 Å². The number of rotatable bonds is 7. The fourth-order valence-corrected chi connectivity index (χ4v) is 1.99. The van der Waals surface area contributed by atoms with E-state index >= 15 is 0 Å². The monoisotopic (exact) mass is 291 g/mol. The molecule has 0 fully saturated rings. The molecule has 0 saturated carbocycles. The minimum absolute atomic E-state index is 0.248. The van der Waals surface area contributed by atoms with Crippen LogP contribution >= 0.6 is 23.2 Å². The number of carbonyl (C=O) groups is 1. The minimum atomic E-state index is -1.01. The van der Waals surface area contributed by atoms with Gasteiger partial charge in [0.25, 0.3) is 0 Å². The van der Waals surface area contributed by atoms with E-state index in [0.29, 0.717) is 23.0 Å². The number of aliphatic hydroxyl groups is 1. The van der Waals surface area contributed by atoms with Crippen LogP contribution in [0.1, 0.15) is 12.0 Å². The maximum Gasteiger partial charge on any atom is 0.306 e. The SMILES string of the molecule is O=C(O)CC(O)CNCCc1ccc(Cl)cc1Cl. The molecule has 0 aliphatic rings. The number of benzene rings is 1. The predicted octanol–water partition coefficient (Wildman–Crippen LogP) is 1.96. The molecule has 100 valence electrons. The van der Waals surface area contributed by atoms with E-state index in [-0.39, 0.29) is 13.0 Å². The summed E-state index contributed by atoms with van der Waals surface area (Å²) in [5.74, 6) is -1.01. The lowest BCUT2D eigenvalue weighted by Crippen LogP contribution is -2.30. The molecule has 0 saturated heterocycles. The van der Waals surface area contributed by atoms with Gasteiger partial charge in [0.2, 0.25) is 0 Å². The van der Waals surface area contributed by atoms with Gasteiger partial charge >= 0.3 is 5.97 Å². The lowest BCUT2D eigenvalue weighted by Gasteiger charge is -2.10. The van der Waals surface area contributed by atoms with Gasteiger partial charge in [0.15, 0.2) is 0 Å². The van der Waals surface area contributed by atoms with Gasteiger partial charge in [0.05, 0.1) is 12.5 Å². The van der Waals surface area contributed by atoms with Crippen molar-refractivity contribution < 1.29 is 15.0 Å². The molecule has 1 atom stereocenters. The molecular weight excluding hydrogens is 277 g/mol. The molecule has 0 heterocycles. The Labute approximate surface area is 116 Å². The fourth-order valence-electron chi connectivity index (χ4n) is 1.49. The molecule has 3 N–H and O–H groups in total. The van der Waals surface area contributed by atoms with E-state index in [1.54, 1.807) is 12.1 Å². The summed E-state index contributed by atoms with van der Waals surface area (Å²) >= 11 is 11.8. The lowest BCUT2D eigenvalue weighted by atomic mass is 10.1. The van der Waals surface area contributed by atoms with Gasteiger partial charge in [0, 0.05) is 16.6 Å². The van der Waals surface area contributed by atoms with Crippen molar-refractivity contribution in [2.24, 2.45) is 0 Å². The normalized spacial score (nSPS) is 12.4. The molecule has 0 amide bonds. The summed E-state index contributed by atoms with van der Waals surface area (Å²) in [6.45, 7) is 0.857. The van der Waals surface area contributed by atoms with Crippen molar-refractivity contribution in [3.8, 4) is 0 Å². The molecule has 1 rings (SSSR count). The Morgan fingerprint density at radius 1 is 1.39 bits per heavy atom. The molecule has 1 aromatic carbocycles. The minimum Gasteiger partial charge on any atom is -0.481 e. The van der Waals surface area contributed by atoms with E-state index in [1.165, 1.54) is 0 Å². The van der Waals surface area contributed by atoms with Crippen LogP contribution in [-0.4, -0.2) is 35.4 Å². The summed E-state index contributed by atoms with van der Waals surface area (Å²) in [6.07, 6.45) is -0.437. The number of nitrogens with one attached hydrogen (secondary N) is 1. The van der Waals surface area contributed by atoms with Crippen molar-refractivity contribution in [2.75, 3.05) is 13.1 Å². The zero-order chi connectivity index (χ0) is 13.5. The van der Waals surface area contributed by atoms with E-state index < -0.39 is 12.1 Å². The molecule has 1 unspecified atom stereocenters. The molecule has 6 heteroatoms. The predicted molar refractivity (Wildman–Crippen MR) is 71.3 cm³/mol. The molecule has 0 bridgehead atoms. The van der Waals surface area contributed by atoms with Crippen LogP contribution < -0.4 is 5.32 Å². The Kier molecular flexibility index (Phi) is 6.43. The van der Waals surface area contributed by atoms with Crippen LogP contribution in [0.25, 0.3) is 0 Å². The molecule has 0 spiro atoms. The number of aliphatic carboxylic acids is 1. The Morgan fingerprint density at radius 3 is 2.72 bits per heavy atom. The van der Waals surface area contributed by atoms with Crippen LogP contribution in [0, 0.1) is 0 Å². The second kappa shape index (κ2) is 7.59. The van der Waals surface area contributed by atoms with E-state index in [2.05, 4.69) is 5.32 Å². The highest BCUT2D eigenvalue weighted by Gasteiger charge is 2.08. The topological polar surface area (TPSA) is 69.6 Å². The third-order valence-corrected chi connectivity index (χ3v) is 2.96. The third kappa shape index (κ3) is 5.69. The van der Waals surface area contributed by atoms with Crippen LogP contribution in [0.2, 0.25) is 10.0 Å². The zero-order valence-electron chi connectivity index (χ0n) is 9.70. The van der Waals surface area contributed by atoms with Crippen molar-refractivity contribution in [3.63, 3.8) is 0 Å². The Hall–Kier alpha value is -0.810. The highest BCUT2D eigenvalue weighted by molar-refractivity contribution is 6.35. The summed E-state index contributed by atoms with van der Waals surface area (Å²) in [5, 5.41) is 22.0. The molecule has 1 aromatic rings. The molecule has 4 nitrogen and oxygen atoms in total. The maximum absolute atomic E-state index is 10.3. The number of carboxylic acid groups (broad SMARTS) is 1. The standard InChI is InChI=1S/C12H15Cl2NO3/c13-9-2-1-8(11(14)5-9)3-4-15-7-10(16)6-12(17)18/h1-2,5,10,15-16H,3-4,6-7H2,(H,17,18). The number of hydrogen-bond acceptors (Lipinski definition) is 3. The number of aliphatic hydroxyl groups excluding tert-OH is 1. The molecule has 18 heavy (non-hydrogen) atoms. The summed E-state index contributed by atoms with van der Waals surface area (Å²) in [6, 6.07) is 5.29. The first-order valence-electron chi connectivity index (χ1n) is 5.53. The van der Waals surface area contributed by atoms with E-state index in [0.717, 1.165) is 5.56 Å². The third-order valence-electron chi connectivity index (χ3n) is 2.38. The average Bonchev–Trinajstić information content (AvgIpc) is 2.25. The van der Waals surface area contributed by atoms with Crippen LogP contribution in [0.5, 0.6) is 0 Å². The smallest absolute Gasteiger partial charge is 0.306 e. The van der Waals surface area contributed by atoms with Crippen LogP contribution in [0.3, 0.4) is 0 Å². The Morgan fingerprint density at radius 2 is 2.11 bits per heavy atom. The van der Waals surface area contributed by atoms with Gasteiger partial charge in [-0.05, 0) is 30.7 Å². The second-order valence-corrected chi connectivity index (χ2v) is 4.79. The van der Waals surface area contributed by atoms with Crippen molar-refractivity contribution in [2.45, 2.75) is 18.9 Å². The number of halogens is 2. The highest BCUT2D eigenvalue weighted by atomic mass is 35.5. The van der Waals surface area contributed by atoms with Crippen molar-refractivity contribution in [1.82, 2.24) is 5.32 Å². The summed E-state index contributed by atoms with van der Waals surface area (Å²) in [4.78, 5) is 10.3. The fraction of sp³-hybridized carbons (Fsp3) is 0.417. The van der Waals surface area contributed by atoms with Crippen LogP contribution in [0.15, 0.2) is 18.2 Å². The molecule has 0 aromatic heterocycles. The Balaban J connectivity index is 2.27. The number of hydrogen-bond donors (Lipinski definition) is 3. The van der Waals surface area contributed by atoms with Gasteiger partial charge in [0.1, 0.15) is 0 Å². The summed E-state index contributed by atoms with van der Waals surface area (Å²) in [5.41, 5.74) is 0.960. The van der Waals surface area contributed by atoms with Crippen molar-refractivity contribution in [1.29, 1.82) is 0 Å². The van der Waals surface area contributed by atoms with E-state index in [9.17, 15) is 9.90 Å². The summed E-state index contributed by atoms with van der Waals surface area (Å²) in [7, 11) is 0. The largest absolute Gasteiger partial charge is 0.481 e. The van der Waals surface area contributed by atoms with Gasteiger partial charge in [-0.1, -0.05) is 29.3 Å². The first-order chi connectivity index (χ1) is 8.49. The van der Waals surface area contributed by atoms with Crippen molar-refractivity contribution in [3.05, 3.63) is 33.8 Å². The second-order valence-electron chi connectivity index (χ2n) is 3.94. The van der Waals surface area contributed by atoms with Gasteiger partial charge in [-0.2, -0.15) is 0 Å². The first kappa shape index (κ1) is 15.2. The molecular formula is C12H15Cl2NO3. The van der Waals surface area contributed by atoms with Gasteiger partial charge in [-0.25, -0.2) is 0 Å². The van der Waals surface area contributed by atoms with Crippen molar-refractivity contribution >= 4 is 29.2 Å². The van der Waals surface area contributed by atoms with Crippen LogP contribution in [0.4, 0.5) is 0 Å². The van der Waals surface area contributed by atoms with Crippen LogP contribution in [-0.2, 0) is 11.2 Å².